The zero-order chi connectivity index (χ0) is 18.8. The van der Waals surface area contributed by atoms with E-state index in [0.717, 1.165) is 5.56 Å². The maximum absolute atomic E-state index is 12.2. The fraction of sp³-hybridized carbons (Fsp3) is 0.0526. The van der Waals surface area contributed by atoms with Gasteiger partial charge in [-0.05, 0) is 17.7 Å². The highest BCUT2D eigenvalue weighted by Gasteiger charge is 2.13. The molecule has 0 unspecified atom stereocenters. The van der Waals surface area contributed by atoms with Crippen LogP contribution in [0.5, 0.6) is 5.75 Å². The van der Waals surface area contributed by atoms with Crippen molar-refractivity contribution in [2.75, 3.05) is 0 Å². The van der Waals surface area contributed by atoms with Crippen molar-refractivity contribution in [3.05, 3.63) is 91.5 Å². The highest BCUT2D eigenvalue weighted by atomic mass is 16.5. The first-order chi connectivity index (χ1) is 13.1. The molecular formula is C19H14N4O4. The first kappa shape index (κ1) is 16.5. The average Bonchev–Trinajstić information content (AvgIpc) is 2.66. The molecule has 0 saturated heterocycles. The van der Waals surface area contributed by atoms with Crippen LogP contribution in [-0.4, -0.2) is 19.9 Å². The molecule has 0 atom stereocenters. The molecule has 8 heteroatoms. The van der Waals surface area contributed by atoms with Crippen molar-refractivity contribution in [3.63, 3.8) is 0 Å². The topological polar surface area (TPSA) is 121 Å². The predicted molar refractivity (Wildman–Crippen MR) is 99.8 cm³/mol. The van der Waals surface area contributed by atoms with E-state index in [1.807, 2.05) is 30.3 Å². The number of ether oxygens (including phenoxy) is 1. The van der Waals surface area contributed by atoms with Crippen LogP contribution in [0.1, 0.15) is 5.56 Å². The molecule has 2 heterocycles. The predicted octanol–water partition coefficient (Wildman–Crippen LogP) is 1.55. The molecule has 0 amide bonds. The van der Waals surface area contributed by atoms with Crippen molar-refractivity contribution in [1.29, 1.82) is 0 Å². The highest BCUT2D eigenvalue weighted by Crippen LogP contribution is 2.25. The molecule has 3 N–H and O–H groups in total. The summed E-state index contributed by atoms with van der Waals surface area (Å²) in [6.07, 6.45) is 0. The van der Waals surface area contributed by atoms with Crippen molar-refractivity contribution in [3.8, 4) is 17.0 Å². The zero-order valence-corrected chi connectivity index (χ0v) is 14.0. The van der Waals surface area contributed by atoms with Crippen molar-refractivity contribution in [2.24, 2.45) is 0 Å². The molecule has 0 spiro atoms. The largest absolute Gasteiger partial charge is 0.489 e. The lowest BCUT2D eigenvalue weighted by Crippen LogP contribution is -2.26. The second kappa shape index (κ2) is 6.75. The van der Waals surface area contributed by atoms with Gasteiger partial charge in [0.1, 0.15) is 17.7 Å². The lowest BCUT2D eigenvalue weighted by Gasteiger charge is -2.09. The molecular weight excluding hydrogens is 348 g/mol. The smallest absolute Gasteiger partial charge is 0.347 e. The Labute approximate surface area is 151 Å². The molecule has 2 aromatic carbocycles. The fourth-order valence-electron chi connectivity index (χ4n) is 2.79. The minimum absolute atomic E-state index is 0.0712. The molecule has 0 bridgehead atoms. The summed E-state index contributed by atoms with van der Waals surface area (Å²) in [7, 11) is 0. The molecule has 0 radical (unpaired) electrons. The van der Waals surface area contributed by atoms with E-state index in [1.165, 1.54) is 0 Å². The monoisotopic (exact) mass is 362 g/mol. The van der Waals surface area contributed by atoms with E-state index in [2.05, 4.69) is 19.9 Å². The molecule has 27 heavy (non-hydrogen) atoms. The molecule has 4 aromatic rings. The summed E-state index contributed by atoms with van der Waals surface area (Å²) in [4.78, 5) is 46.3. The number of hydrogen-bond donors (Lipinski definition) is 3. The maximum Gasteiger partial charge on any atom is 0.347 e. The van der Waals surface area contributed by atoms with E-state index in [4.69, 9.17) is 4.74 Å². The quantitative estimate of drug-likeness (QED) is 0.509. The van der Waals surface area contributed by atoms with Crippen LogP contribution >= 0.6 is 0 Å². The van der Waals surface area contributed by atoms with Gasteiger partial charge in [0.2, 0.25) is 0 Å². The number of nitrogens with zero attached hydrogens (tertiary/aromatic N) is 1. The number of rotatable bonds is 4. The normalized spacial score (nSPS) is 10.8. The van der Waals surface area contributed by atoms with Gasteiger partial charge in [-0.15, -0.1) is 0 Å². The van der Waals surface area contributed by atoms with Gasteiger partial charge in [0.05, 0.1) is 5.69 Å². The molecule has 0 aliphatic carbocycles. The Balaban J connectivity index is 1.77. The first-order valence-corrected chi connectivity index (χ1v) is 8.14. The van der Waals surface area contributed by atoms with Crippen LogP contribution < -0.4 is 21.7 Å². The summed E-state index contributed by atoms with van der Waals surface area (Å²) in [6.45, 7) is 0.381. The number of aromatic nitrogens is 4. The molecule has 0 fully saturated rings. The van der Waals surface area contributed by atoms with E-state index >= 15 is 0 Å². The van der Waals surface area contributed by atoms with Crippen LogP contribution in [0.4, 0.5) is 0 Å². The summed E-state index contributed by atoms with van der Waals surface area (Å²) in [5.74, 6) is 0.572. The van der Waals surface area contributed by atoms with Gasteiger partial charge in [0, 0.05) is 5.56 Å². The molecule has 134 valence electrons. The number of nitrogens with one attached hydrogen (secondary N) is 3. The Hall–Kier alpha value is -3.94. The Kier molecular flexibility index (Phi) is 4.13. The lowest BCUT2D eigenvalue weighted by atomic mass is 10.1. The van der Waals surface area contributed by atoms with Crippen LogP contribution in [0.2, 0.25) is 0 Å². The maximum atomic E-state index is 12.2. The van der Waals surface area contributed by atoms with Gasteiger partial charge in [-0.3, -0.25) is 14.8 Å². The third-order valence-electron chi connectivity index (χ3n) is 3.99. The second-order valence-corrected chi connectivity index (χ2v) is 5.85. The highest BCUT2D eigenvalue weighted by molar-refractivity contribution is 5.89. The SMILES string of the molecule is O=c1nc2[nH]c(=O)[nH]c(=O)c2c(-c2cccc(OCc3ccccc3)c2)[nH]1. The van der Waals surface area contributed by atoms with Gasteiger partial charge in [0.25, 0.3) is 5.56 Å². The van der Waals surface area contributed by atoms with Crippen molar-refractivity contribution < 1.29 is 4.74 Å². The van der Waals surface area contributed by atoms with Gasteiger partial charge in [-0.1, -0.05) is 42.5 Å². The van der Waals surface area contributed by atoms with Gasteiger partial charge in [-0.25, -0.2) is 9.59 Å². The molecule has 0 aliphatic rings. The lowest BCUT2D eigenvalue weighted by molar-refractivity contribution is 0.306. The summed E-state index contributed by atoms with van der Waals surface area (Å²) < 4.78 is 5.79. The minimum Gasteiger partial charge on any atom is -0.489 e. The van der Waals surface area contributed by atoms with E-state index in [0.29, 0.717) is 17.9 Å². The molecule has 8 nitrogen and oxygen atoms in total. The molecule has 0 aliphatic heterocycles. The molecule has 0 saturated carbocycles. The number of hydrogen-bond acceptors (Lipinski definition) is 5. The summed E-state index contributed by atoms with van der Waals surface area (Å²) in [6, 6.07) is 16.6. The standard InChI is InChI=1S/C19H14N4O4/c24-17-14-15(20-18(25)21-16(14)22-19(26)23-17)12-7-4-8-13(9-12)27-10-11-5-2-1-3-6-11/h1-9H,10H2,(H3,20,21,22,23,24,25,26). The third kappa shape index (κ3) is 3.40. The van der Waals surface area contributed by atoms with Crippen molar-refractivity contribution in [1.82, 2.24) is 19.9 Å². The van der Waals surface area contributed by atoms with E-state index in [9.17, 15) is 14.4 Å². The fourth-order valence-corrected chi connectivity index (χ4v) is 2.79. The minimum atomic E-state index is -0.725. The van der Waals surface area contributed by atoms with Gasteiger partial charge in [-0.2, -0.15) is 4.98 Å². The Bertz CT molecular complexity index is 1280. The van der Waals surface area contributed by atoms with Crippen LogP contribution in [0.3, 0.4) is 0 Å². The van der Waals surface area contributed by atoms with Crippen molar-refractivity contribution in [2.45, 2.75) is 6.61 Å². The first-order valence-electron chi connectivity index (χ1n) is 8.14. The zero-order valence-electron chi connectivity index (χ0n) is 14.0. The average molecular weight is 362 g/mol. The van der Waals surface area contributed by atoms with Gasteiger partial charge < -0.3 is 9.72 Å². The Morgan fingerprint density at radius 2 is 1.70 bits per heavy atom. The van der Waals surface area contributed by atoms with Crippen LogP contribution in [0.15, 0.2) is 69.0 Å². The van der Waals surface area contributed by atoms with E-state index in [1.54, 1.807) is 24.3 Å². The van der Waals surface area contributed by atoms with Crippen LogP contribution in [0.25, 0.3) is 22.3 Å². The number of benzene rings is 2. The summed E-state index contributed by atoms with van der Waals surface area (Å²) >= 11 is 0. The summed E-state index contributed by atoms with van der Waals surface area (Å²) in [5.41, 5.74) is -0.276. The van der Waals surface area contributed by atoms with Crippen molar-refractivity contribution >= 4 is 11.0 Å². The van der Waals surface area contributed by atoms with Crippen LogP contribution in [-0.2, 0) is 6.61 Å². The van der Waals surface area contributed by atoms with Gasteiger partial charge in [0.15, 0.2) is 5.65 Å². The Morgan fingerprint density at radius 1 is 0.889 bits per heavy atom. The Morgan fingerprint density at radius 3 is 2.52 bits per heavy atom. The number of H-pyrrole nitrogens is 3. The van der Waals surface area contributed by atoms with E-state index < -0.39 is 16.9 Å². The molecule has 4 rings (SSSR count). The molecule has 2 aromatic heterocycles. The summed E-state index contributed by atoms with van der Waals surface area (Å²) in [5, 5.41) is 0.0920. The van der Waals surface area contributed by atoms with E-state index in [-0.39, 0.29) is 16.7 Å². The van der Waals surface area contributed by atoms with Gasteiger partial charge >= 0.3 is 11.4 Å². The number of aromatic amines is 3. The second-order valence-electron chi connectivity index (χ2n) is 5.85. The third-order valence-corrected chi connectivity index (χ3v) is 3.99. The number of fused-ring (bicyclic) bond motifs is 1. The van der Waals surface area contributed by atoms with Crippen LogP contribution in [0, 0.1) is 0 Å².